The lowest BCUT2D eigenvalue weighted by atomic mass is 9.90. The lowest BCUT2D eigenvalue weighted by Crippen LogP contribution is -2.36. The molecule has 19 heavy (non-hydrogen) atoms. The van der Waals surface area contributed by atoms with Crippen LogP contribution in [0.3, 0.4) is 0 Å². The Labute approximate surface area is 114 Å². The molecule has 3 nitrogen and oxygen atoms in total. The van der Waals surface area contributed by atoms with Gasteiger partial charge in [0.15, 0.2) is 5.60 Å². The molecule has 102 valence electrons. The Balaban J connectivity index is 2.69. The average Bonchev–Trinajstić information content (AvgIpc) is 2.53. The molecule has 0 spiro atoms. The van der Waals surface area contributed by atoms with Gasteiger partial charge in [-0.15, -0.1) is 0 Å². The number of esters is 1. The standard InChI is InChI=1S/C16H20O3/c1-10-7-6-8-14-15(10)11(2)12(3)16(14,9-18-5)19-13(4)17/h6-8H,9H2,1-5H3. The van der Waals surface area contributed by atoms with Crippen molar-refractivity contribution in [2.45, 2.75) is 33.3 Å². The van der Waals surface area contributed by atoms with Gasteiger partial charge in [0.2, 0.25) is 0 Å². The highest BCUT2D eigenvalue weighted by atomic mass is 16.6. The van der Waals surface area contributed by atoms with Crippen LogP contribution >= 0.6 is 0 Å². The number of ether oxygens (including phenoxy) is 2. The number of allylic oxidation sites excluding steroid dienone is 1. The molecule has 0 amide bonds. The predicted octanol–water partition coefficient (Wildman–Crippen LogP) is 3.21. The highest BCUT2D eigenvalue weighted by Crippen LogP contribution is 2.48. The van der Waals surface area contributed by atoms with Gasteiger partial charge in [0.05, 0.1) is 6.61 Å². The summed E-state index contributed by atoms with van der Waals surface area (Å²) < 4.78 is 11.0. The SMILES string of the molecule is COCC1(OC(C)=O)C(C)=C(C)c2c(C)cccc21. The summed E-state index contributed by atoms with van der Waals surface area (Å²) in [4.78, 5) is 11.5. The molecule has 0 N–H and O–H groups in total. The molecule has 0 radical (unpaired) electrons. The van der Waals surface area contributed by atoms with E-state index in [0.717, 1.165) is 11.1 Å². The van der Waals surface area contributed by atoms with E-state index in [4.69, 9.17) is 9.47 Å². The highest BCUT2D eigenvalue weighted by Gasteiger charge is 2.45. The summed E-state index contributed by atoms with van der Waals surface area (Å²) in [6.45, 7) is 7.94. The molecule has 0 fully saturated rings. The lowest BCUT2D eigenvalue weighted by molar-refractivity contribution is -0.159. The summed E-state index contributed by atoms with van der Waals surface area (Å²) in [6, 6.07) is 6.09. The van der Waals surface area contributed by atoms with E-state index < -0.39 is 5.60 Å². The van der Waals surface area contributed by atoms with Crippen LogP contribution in [0.15, 0.2) is 23.8 Å². The molecule has 3 heteroatoms. The zero-order valence-electron chi connectivity index (χ0n) is 12.2. The van der Waals surface area contributed by atoms with Crippen molar-refractivity contribution in [3.8, 4) is 0 Å². The first kappa shape index (κ1) is 13.8. The third-order valence-electron chi connectivity index (χ3n) is 3.92. The van der Waals surface area contributed by atoms with Crippen LogP contribution in [0, 0.1) is 6.92 Å². The van der Waals surface area contributed by atoms with Crippen molar-refractivity contribution in [2.75, 3.05) is 13.7 Å². The van der Waals surface area contributed by atoms with E-state index in [1.165, 1.54) is 23.6 Å². The smallest absolute Gasteiger partial charge is 0.303 e. The van der Waals surface area contributed by atoms with Crippen molar-refractivity contribution in [3.63, 3.8) is 0 Å². The van der Waals surface area contributed by atoms with Crippen LogP contribution in [-0.4, -0.2) is 19.7 Å². The van der Waals surface area contributed by atoms with Crippen molar-refractivity contribution >= 4 is 11.5 Å². The number of carbonyl (C=O) groups excluding carboxylic acids is 1. The van der Waals surface area contributed by atoms with Crippen LogP contribution in [0.2, 0.25) is 0 Å². The summed E-state index contributed by atoms with van der Waals surface area (Å²) in [5.41, 5.74) is 4.85. The van der Waals surface area contributed by atoms with Crippen LogP contribution in [0.25, 0.3) is 5.57 Å². The number of fused-ring (bicyclic) bond motifs is 1. The van der Waals surface area contributed by atoms with E-state index in [-0.39, 0.29) is 5.97 Å². The van der Waals surface area contributed by atoms with E-state index in [2.05, 4.69) is 19.9 Å². The van der Waals surface area contributed by atoms with E-state index >= 15 is 0 Å². The van der Waals surface area contributed by atoms with E-state index in [1.54, 1.807) is 7.11 Å². The minimum Gasteiger partial charge on any atom is -0.447 e. The molecular formula is C16H20O3. The molecule has 0 heterocycles. The first-order valence-corrected chi connectivity index (χ1v) is 6.41. The zero-order chi connectivity index (χ0) is 14.2. The number of carbonyl (C=O) groups is 1. The number of aryl methyl sites for hydroxylation is 1. The molecule has 0 aliphatic heterocycles. The Morgan fingerprint density at radius 3 is 2.53 bits per heavy atom. The molecule has 1 aliphatic carbocycles. The van der Waals surface area contributed by atoms with Gasteiger partial charge in [-0.2, -0.15) is 0 Å². The Morgan fingerprint density at radius 2 is 1.95 bits per heavy atom. The second-order valence-corrected chi connectivity index (χ2v) is 5.10. The molecule has 0 bridgehead atoms. The molecule has 1 atom stereocenters. The molecule has 0 saturated heterocycles. The molecule has 1 aromatic carbocycles. The highest BCUT2D eigenvalue weighted by molar-refractivity contribution is 5.81. The van der Waals surface area contributed by atoms with Crippen LogP contribution in [0.5, 0.6) is 0 Å². The Kier molecular flexibility index (Phi) is 3.50. The normalized spacial score (nSPS) is 21.5. The summed E-state index contributed by atoms with van der Waals surface area (Å²) >= 11 is 0. The van der Waals surface area contributed by atoms with Crippen molar-refractivity contribution in [1.29, 1.82) is 0 Å². The third-order valence-corrected chi connectivity index (χ3v) is 3.92. The van der Waals surface area contributed by atoms with Gasteiger partial charge in [-0.25, -0.2) is 0 Å². The van der Waals surface area contributed by atoms with Crippen LogP contribution in [0.4, 0.5) is 0 Å². The number of benzene rings is 1. The van der Waals surface area contributed by atoms with Crippen molar-refractivity contribution < 1.29 is 14.3 Å². The predicted molar refractivity (Wildman–Crippen MR) is 74.8 cm³/mol. The van der Waals surface area contributed by atoms with Gasteiger partial charge in [-0.3, -0.25) is 4.79 Å². The molecule has 1 aliphatic rings. The third kappa shape index (κ3) is 1.98. The number of hydrogen-bond donors (Lipinski definition) is 0. The molecule has 0 aromatic heterocycles. The molecule has 2 rings (SSSR count). The van der Waals surface area contributed by atoms with Crippen LogP contribution in [0.1, 0.15) is 37.5 Å². The second kappa shape index (κ2) is 4.82. The van der Waals surface area contributed by atoms with Crippen LogP contribution < -0.4 is 0 Å². The van der Waals surface area contributed by atoms with Gasteiger partial charge in [-0.1, -0.05) is 18.2 Å². The van der Waals surface area contributed by atoms with Gasteiger partial charge in [0.25, 0.3) is 0 Å². The zero-order valence-corrected chi connectivity index (χ0v) is 12.2. The number of hydrogen-bond acceptors (Lipinski definition) is 3. The van der Waals surface area contributed by atoms with Gasteiger partial charge in [0.1, 0.15) is 0 Å². The Morgan fingerprint density at radius 1 is 1.26 bits per heavy atom. The van der Waals surface area contributed by atoms with Crippen molar-refractivity contribution in [3.05, 3.63) is 40.5 Å². The average molecular weight is 260 g/mol. The summed E-state index contributed by atoms with van der Waals surface area (Å²) in [5.74, 6) is -0.293. The largest absolute Gasteiger partial charge is 0.447 e. The summed E-state index contributed by atoms with van der Waals surface area (Å²) in [6.07, 6.45) is 0. The fourth-order valence-corrected chi connectivity index (χ4v) is 2.99. The topological polar surface area (TPSA) is 35.5 Å². The minimum absolute atomic E-state index is 0.293. The van der Waals surface area contributed by atoms with E-state index in [0.29, 0.717) is 6.61 Å². The quantitative estimate of drug-likeness (QED) is 0.783. The summed E-state index contributed by atoms with van der Waals surface area (Å²) in [7, 11) is 1.63. The maximum absolute atomic E-state index is 11.5. The number of methoxy groups -OCH3 is 1. The van der Waals surface area contributed by atoms with E-state index in [1.807, 2.05) is 19.1 Å². The second-order valence-electron chi connectivity index (χ2n) is 5.10. The van der Waals surface area contributed by atoms with Crippen molar-refractivity contribution in [2.24, 2.45) is 0 Å². The fourth-order valence-electron chi connectivity index (χ4n) is 2.99. The fraction of sp³-hybridized carbons (Fsp3) is 0.438. The van der Waals surface area contributed by atoms with Crippen LogP contribution in [-0.2, 0) is 19.9 Å². The lowest BCUT2D eigenvalue weighted by Gasteiger charge is -2.31. The summed E-state index contributed by atoms with van der Waals surface area (Å²) in [5, 5.41) is 0. The minimum atomic E-state index is -0.772. The Bertz CT molecular complexity index is 557. The molecular weight excluding hydrogens is 240 g/mol. The molecule has 0 saturated carbocycles. The maximum Gasteiger partial charge on any atom is 0.303 e. The van der Waals surface area contributed by atoms with E-state index in [9.17, 15) is 4.79 Å². The molecule has 1 aromatic rings. The van der Waals surface area contributed by atoms with Gasteiger partial charge in [-0.05, 0) is 43.0 Å². The van der Waals surface area contributed by atoms with Crippen molar-refractivity contribution in [1.82, 2.24) is 0 Å². The monoisotopic (exact) mass is 260 g/mol. The Hall–Kier alpha value is -1.61. The number of rotatable bonds is 3. The molecule has 1 unspecified atom stereocenters. The first-order valence-electron chi connectivity index (χ1n) is 6.41. The first-order chi connectivity index (χ1) is 8.94. The van der Waals surface area contributed by atoms with Gasteiger partial charge in [0, 0.05) is 19.6 Å². The van der Waals surface area contributed by atoms with Gasteiger partial charge >= 0.3 is 5.97 Å². The maximum atomic E-state index is 11.5. The van der Waals surface area contributed by atoms with Gasteiger partial charge < -0.3 is 9.47 Å².